The van der Waals surface area contributed by atoms with E-state index >= 15 is 0 Å². The Morgan fingerprint density at radius 3 is 2.59 bits per heavy atom. The first-order valence-electron chi connectivity index (χ1n) is 6.39. The van der Waals surface area contributed by atoms with Crippen molar-refractivity contribution in [3.63, 3.8) is 0 Å². The van der Waals surface area contributed by atoms with Crippen LogP contribution in [0.3, 0.4) is 0 Å². The van der Waals surface area contributed by atoms with Crippen LogP contribution in [-0.2, 0) is 4.79 Å². The van der Waals surface area contributed by atoms with E-state index in [1.54, 1.807) is 31.2 Å². The second-order valence-electron chi connectivity index (χ2n) is 4.55. The van der Waals surface area contributed by atoms with Crippen LogP contribution in [0, 0.1) is 20.6 Å². The first-order chi connectivity index (χ1) is 10.5. The molecule has 0 unspecified atom stereocenters. The Hall–Kier alpha value is -2.16. The fourth-order valence-electron chi connectivity index (χ4n) is 1.76. The molecule has 0 atom stereocenters. The number of nitrogens with one attached hydrogen (secondary N) is 1. The van der Waals surface area contributed by atoms with Gasteiger partial charge < -0.3 is 10.1 Å². The lowest BCUT2D eigenvalue weighted by atomic mass is 10.2. The van der Waals surface area contributed by atoms with Crippen molar-refractivity contribution in [3.8, 4) is 5.75 Å². The highest BCUT2D eigenvalue weighted by atomic mass is 127. The number of anilines is 1. The highest BCUT2D eigenvalue weighted by Gasteiger charge is 2.12. The van der Waals surface area contributed by atoms with Gasteiger partial charge in [0.2, 0.25) is 0 Å². The molecule has 0 aromatic heterocycles. The number of aryl methyl sites for hydroxylation is 1. The van der Waals surface area contributed by atoms with E-state index in [2.05, 4.69) is 27.9 Å². The fourth-order valence-corrected chi connectivity index (χ4v) is 2.12. The molecule has 0 saturated carbocycles. The van der Waals surface area contributed by atoms with Gasteiger partial charge in [-0.25, -0.2) is 0 Å². The van der Waals surface area contributed by atoms with E-state index in [1.165, 1.54) is 6.07 Å². The molecule has 2 rings (SSSR count). The zero-order valence-corrected chi connectivity index (χ0v) is 13.9. The molecule has 7 heteroatoms. The van der Waals surface area contributed by atoms with Crippen molar-refractivity contribution in [3.05, 3.63) is 61.7 Å². The normalized spacial score (nSPS) is 10.1. The number of carbonyl (C=O) groups excluding carboxylic acids is 1. The van der Waals surface area contributed by atoms with E-state index in [9.17, 15) is 14.9 Å². The number of nitrogens with zero attached hydrogens (tertiary/aromatic N) is 1. The Bertz CT molecular complexity index is 701. The Morgan fingerprint density at radius 1 is 1.27 bits per heavy atom. The molecule has 0 heterocycles. The monoisotopic (exact) mass is 412 g/mol. The van der Waals surface area contributed by atoms with Gasteiger partial charge in [0, 0.05) is 20.9 Å². The van der Waals surface area contributed by atoms with Crippen LogP contribution in [0.5, 0.6) is 5.75 Å². The van der Waals surface area contributed by atoms with Crippen molar-refractivity contribution in [2.24, 2.45) is 0 Å². The van der Waals surface area contributed by atoms with Crippen LogP contribution in [0.15, 0.2) is 42.5 Å². The number of ether oxygens (including phenoxy) is 1. The zero-order valence-electron chi connectivity index (χ0n) is 11.7. The first-order valence-corrected chi connectivity index (χ1v) is 7.47. The molecule has 2 aromatic carbocycles. The number of amides is 1. The predicted molar refractivity (Wildman–Crippen MR) is 91.1 cm³/mol. The molecule has 0 aliphatic carbocycles. The van der Waals surface area contributed by atoms with Gasteiger partial charge in [0.15, 0.2) is 6.61 Å². The zero-order chi connectivity index (χ0) is 16.1. The summed E-state index contributed by atoms with van der Waals surface area (Å²) in [6.07, 6.45) is 0. The first kappa shape index (κ1) is 16.2. The van der Waals surface area contributed by atoms with Gasteiger partial charge in [-0.3, -0.25) is 14.9 Å². The van der Waals surface area contributed by atoms with Crippen LogP contribution >= 0.6 is 22.6 Å². The summed E-state index contributed by atoms with van der Waals surface area (Å²) < 4.78 is 6.42. The van der Waals surface area contributed by atoms with Crippen LogP contribution in [0.1, 0.15) is 5.56 Å². The number of rotatable bonds is 5. The standard InChI is InChI=1S/C15H13IN2O4/c1-10-2-5-12(8-14(10)18(20)21)17-15(19)9-22-13-6-3-11(16)4-7-13/h2-8H,9H2,1H3,(H,17,19). The van der Waals surface area contributed by atoms with Crippen molar-refractivity contribution >= 4 is 39.9 Å². The van der Waals surface area contributed by atoms with Gasteiger partial charge in [-0.1, -0.05) is 6.07 Å². The smallest absolute Gasteiger partial charge is 0.274 e. The molecule has 114 valence electrons. The summed E-state index contributed by atoms with van der Waals surface area (Å²) in [5.74, 6) is 0.210. The van der Waals surface area contributed by atoms with Crippen molar-refractivity contribution in [1.82, 2.24) is 0 Å². The summed E-state index contributed by atoms with van der Waals surface area (Å²) in [6.45, 7) is 1.48. The molecule has 0 spiro atoms. The van der Waals surface area contributed by atoms with Crippen LogP contribution in [0.25, 0.3) is 0 Å². The molecular formula is C15H13IN2O4. The average Bonchev–Trinajstić information content (AvgIpc) is 2.48. The van der Waals surface area contributed by atoms with E-state index in [-0.39, 0.29) is 18.2 Å². The fraction of sp³-hybridized carbons (Fsp3) is 0.133. The summed E-state index contributed by atoms with van der Waals surface area (Å²) in [6, 6.07) is 11.8. The topological polar surface area (TPSA) is 81.5 Å². The second kappa shape index (κ2) is 7.21. The summed E-state index contributed by atoms with van der Waals surface area (Å²) in [5, 5.41) is 13.4. The number of nitro benzene ring substituents is 1. The quantitative estimate of drug-likeness (QED) is 0.463. The molecule has 0 saturated heterocycles. The summed E-state index contributed by atoms with van der Waals surface area (Å²) in [5.41, 5.74) is 0.878. The molecule has 0 bridgehead atoms. The van der Waals surface area contributed by atoms with Crippen molar-refractivity contribution in [2.45, 2.75) is 6.92 Å². The molecular weight excluding hydrogens is 399 g/mol. The lowest BCUT2D eigenvalue weighted by Crippen LogP contribution is -2.20. The minimum Gasteiger partial charge on any atom is -0.484 e. The van der Waals surface area contributed by atoms with Gasteiger partial charge in [-0.15, -0.1) is 0 Å². The number of hydrogen-bond acceptors (Lipinski definition) is 4. The molecule has 22 heavy (non-hydrogen) atoms. The highest BCUT2D eigenvalue weighted by molar-refractivity contribution is 14.1. The SMILES string of the molecule is Cc1ccc(NC(=O)COc2ccc(I)cc2)cc1[N+](=O)[O-]. The molecule has 0 aliphatic rings. The average molecular weight is 412 g/mol. The number of hydrogen-bond donors (Lipinski definition) is 1. The number of halogens is 1. The van der Waals surface area contributed by atoms with Crippen molar-refractivity contribution < 1.29 is 14.5 Å². The van der Waals surface area contributed by atoms with E-state index in [1.807, 2.05) is 12.1 Å². The molecule has 1 N–H and O–H groups in total. The Labute approximate surface area is 140 Å². The van der Waals surface area contributed by atoms with Gasteiger partial charge in [-0.2, -0.15) is 0 Å². The van der Waals surface area contributed by atoms with Crippen LogP contribution < -0.4 is 10.1 Å². The number of benzene rings is 2. The lowest BCUT2D eigenvalue weighted by Gasteiger charge is -2.08. The van der Waals surface area contributed by atoms with Gasteiger partial charge in [-0.05, 0) is 59.8 Å². The van der Waals surface area contributed by atoms with Gasteiger partial charge >= 0.3 is 0 Å². The molecule has 2 aromatic rings. The van der Waals surface area contributed by atoms with Gasteiger partial charge in [0.05, 0.1) is 4.92 Å². The number of carbonyl (C=O) groups is 1. The highest BCUT2D eigenvalue weighted by Crippen LogP contribution is 2.22. The minimum absolute atomic E-state index is 0.0312. The maximum absolute atomic E-state index is 11.8. The van der Waals surface area contributed by atoms with E-state index in [0.29, 0.717) is 17.0 Å². The van der Waals surface area contributed by atoms with E-state index < -0.39 is 4.92 Å². The van der Waals surface area contributed by atoms with Gasteiger partial charge in [0.1, 0.15) is 5.75 Å². The largest absolute Gasteiger partial charge is 0.484 e. The van der Waals surface area contributed by atoms with Crippen LogP contribution in [0.2, 0.25) is 0 Å². The maximum Gasteiger partial charge on any atom is 0.274 e. The molecule has 0 radical (unpaired) electrons. The molecule has 0 fully saturated rings. The lowest BCUT2D eigenvalue weighted by molar-refractivity contribution is -0.385. The minimum atomic E-state index is -0.479. The molecule has 1 amide bonds. The number of nitro groups is 1. The van der Waals surface area contributed by atoms with E-state index in [0.717, 1.165) is 3.57 Å². The maximum atomic E-state index is 11.8. The Kier molecular flexibility index (Phi) is 5.31. The van der Waals surface area contributed by atoms with E-state index in [4.69, 9.17) is 4.74 Å². The third-order valence-electron chi connectivity index (χ3n) is 2.87. The Balaban J connectivity index is 1.96. The predicted octanol–water partition coefficient (Wildman–Crippen LogP) is 3.53. The molecule has 0 aliphatic heterocycles. The second-order valence-corrected chi connectivity index (χ2v) is 5.79. The third-order valence-corrected chi connectivity index (χ3v) is 3.59. The van der Waals surface area contributed by atoms with Crippen LogP contribution in [-0.4, -0.2) is 17.4 Å². The Morgan fingerprint density at radius 2 is 1.95 bits per heavy atom. The summed E-state index contributed by atoms with van der Waals surface area (Å²) in [7, 11) is 0. The summed E-state index contributed by atoms with van der Waals surface area (Å²) >= 11 is 2.17. The van der Waals surface area contributed by atoms with Crippen LogP contribution in [0.4, 0.5) is 11.4 Å². The summed E-state index contributed by atoms with van der Waals surface area (Å²) in [4.78, 5) is 22.2. The van der Waals surface area contributed by atoms with Gasteiger partial charge in [0.25, 0.3) is 11.6 Å². The molecule has 6 nitrogen and oxygen atoms in total. The van der Waals surface area contributed by atoms with Crippen molar-refractivity contribution in [1.29, 1.82) is 0 Å². The third kappa shape index (κ3) is 4.42. The van der Waals surface area contributed by atoms with Crippen molar-refractivity contribution in [2.75, 3.05) is 11.9 Å².